The molecule has 0 bridgehead atoms. The van der Waals surface area contributed by atoms with E-state index >= 15 is 4.39 Å². The average Bonchev–Trinajstić information content (AvgIpc) is 3.26. The Morgan fingerprint density at radius 1 is 1.24 bits per heavy atom. The smallest absolute Gasteiger partial charge is 0.321 e. The number of fused-ring (bicyclic) bond motifs is 4. The highest BCUT2D eigenvalue weighted by Gasteiger charge is 2.57. The van der Waals surface area contributed by atoms with Crippen LogP contribution >= 0.6 is 0 Å². The van der Waals surface area contributed by atoms with Gasteiger partial charge >= 0.3 is 6.03 Å². The third kappa shape index (κ3) is 3.93. The van der Waals surface area contributed by atoms with Crippen LogP contribution in [0.15, 0.2) is 10.6 Å². The zero-order chi connectivity index (χ0) is 26.6. The number of anilines is 1. The van der Waals surface area contributed by atoms with Gasteiger partial charge in [0.2, 0.25) is 11.5 Å². The number of rotatable bonds is 4. The second-order valence-corrected chi connectivity index (χ2v) is 10.1. The molecule has 1 aromatic heterocycles. The molecule has 13 heteroatoms. The molecular weight excluding hydrogens is 487 g/mol. The van der Waals surface area contributed by atoms with Crippen LogP contribution in [0.4, 0.5) is 14.9 Å². The van der Waals surface area contributed by atoms with Crippen LogP contribution in [0.5, 0.6) is 0 Å². The highest BCUT2D eigenvalue weighted by atomic mass is 19.1. The third-order valence-electron chi connectivity index (χ3n) is 7.44. The molecule has 0 saturated carbocycles. The van der Waals surface area contributed by atoms with Crippen LogP contribution in [-0.4, -0.2) is 92.2 Å². The first-order chi connectivity index (χ1) is 17.6. The van der Waals surface area contributed by atoms with Gasteiger partial charge in [-0.25, -0.2) is 9.18 Å². The first kappa shape index (κ1) is 25.1. The quantitative estimate of drug-likeness (QED) is 0.383. The van der Waals surface area contributed by atoms with Crippen molar-refractivity contribution in [1.82, 2.24) is 26.0 Å². The Morgan fingerprint density at radius 2 is 1.97 bits per heavy atom. The van der Waals surface area contributed by atoms with Crippen LogP contribution in [-0.2, 0) is 20.7 Å². The molecule has 4 atom stereocenters. The predicted octanol–water partition coefficient (Wildman–Crippen LogP) is 0.190. The zero-order valence-electron chi connectivity index (χ0n) is 21.0. The summed E-state index contributed by atoms with van der Waals surface area (Å²) in [5.41, 5.74) is -1.55. The van der Waals surface area contributed by atoms with E-state index in [1.807, 2.05) is 11.9 Å². The molecule has 2 fully saturated rings. The van der Waals surface area contributed by atoms with Crippen molar-refractivity contribution in [2.75, 3.05) is 38.6 Å². The maximum absolute atomic E-state index is 16.1. The molecule has 5 rings (SSSR count). The summed E-state index contributed by atoms with van der Waals surface area (Å²) >= 11 is 0. The molecular formula is C24H29FN6O6. The normalized spacial score (nSPS) is 27.6. The number of likely N-dealkylation sites (N-methyl/N-ethyl adjacent to an activating group) is 1. The van der Waals surface area contributed by atoms with Gasteiger partial charge in [-0.15, -0.1) is 0 Å². The molecule has 198 valence electrons. The molecule has 4 amide bonds. The summed E-state index contributed by atoms with van der Waals surface area (Å²) in [5, 5.41) is 11.4. The number of carbonyl (C=O) groups excluding carboxylic acids is 4. The van der Waals surface area contributed by atoms with Gasteiger partial charge in [0.1, 0.15) is 11.7 Å². The van der Waals surface area contributed by atoms with E-state index in [0.717, 1.165) is 0 Å². The van der Waals surface area contributed by atoms with E-state index in [4.69, 9.17) is 9.26 Å². The van der Waals surface area contributed by atoms with E-state index in [-0.39, 0.29) is 47.5 Å². The van der Waals surface area contributed by atoms with Crippen LogP contribution in [0.2, 0.25) is 0 Å². The molecule has 3 N–H and O–H groups in total. The summed E-state index contributed by atoms with van der Waals surface area (Å²) in [4.78, 5) is 54.6. The van der Waals surface area contributed by atoms with Gasteiger partial charge in [0.05, 0.1) is 35.4 Å². The number of aldehydes is 1. The minimum atomic E-state index is -1.77. The Balaban J connectivity index is 1.62. The maximum atomic E-state index is 16.1. The summed E-state index contributed by atoms with van der Waals surface area (Å²) in [6.45, 7) is 5.06. The molecule has 1 unspecified atom stereocenters. The van der Waals surface area contributed by atoms with Crippen molar-refractivity contribution < 1.29 is 32.8 Å². The summed E-state index contributed by atoms with van der Waals surface area (Å²) in [6.07, 6.45) is -0.706. The lowest BCUT2D eigenvalue weighted by Gasteiger charge is -2.53. The van der Waals surface area contributed by atoms with Gasteiger partial charge in [0.15, 0.2) is 11.5 Å². The number of carbonyl (C=O) groups is 4. The van der Waals surface area contributed by atoms with Gasteiger partial charge in [-0.2, -0.15) is 0 Å². The minimum absolute atomic E-state index is 0.0556. The van der Waals surface area contributed by atoms with Crippen molar-refractivity contribution in [3.8, 4) is 0 Å². The molecule has 4 heterocycles. The van der Waals surface area contributed by atoms with Gasteiger partial charge in [0.25, 0.3) is 5.91 Å². The number of ether oxygens (including phenoxy) is 1. The van der Waals surface area contributed by atoms with Crippen LogP contribution in [0.1, 0.15) is 29.9 Å². The number of nitrogens with zero attached hydrogens (tertiary/aromatic N) is 3. The van der Waals surface area contributed by atoms with Crippen molar-refractivity contribution in [3.63, 3.8) is 0 Å². The summed E-state index contributed by atoms with van der Waals surface area (Å²) < 4.78 is 27.3. The molecule has 1 aromatic carbocycles. The lowest BCUT2D eigenvalue weighted by molar-refractivity contribution is -0.144. The highest BCUT2D eigenvalue weighted by Crippen LogP contribution is 2.47. The number of urea groups is 1. The Hall–Kier alpha value is -3.58. The molecule has 0 radical (unpaired) electrons. The van der Waals surface area contributed by atoms with Crippen molar-refractivity contribution in [3.05, 3.63) is 23.1 Å². The number of aromatic nitrogens is 1. The number of morpholine rings is 1. The average molecular weight is 517 g/mol. The maximum Gasteiger partial charge on any atom is 0.321 e. The molecule has 12 nitrogen and oxygen atoms in total. The van der Waals surface area contributed by atoms with Gasteiger partial charge < -0.3 is 34.5 Å². The second kappa shape index (κ2) is 9.06. The molecule has 0 aliphatic carbocycles. The summed E-state index contributed by atoms with van der Waals surface area (Å²) in [6, 6.07) is -0.187. The molecule has 3 aliphatic rings. The molecule has 37 heavy (non-hydrogen) atoms. The zero-order valence-corrected chi connectivity index (χ0v) is 21.0. The largest absolute Gasteiger partial charge is 0.372 e. The second-order valence-electron chi connectivity index (χ2n) is 10.1. The number of hydrogen-bond donors (Lipinski definition) is 3. The predicted molar refractivity (Wildman–Crippen MR) is 129 cm³/mol. The Labute approximate surface area is 211 Å². The van der Waals surface area contributed by atoms with Crippen LogP contribution in [0, 0.1) is 11.2 Å². The van der Waals surface area contributed by atoms with Gasteiger partial charge in [0, 0.05) is 26.7 Å². The summed E-state index contributed by atoms with van der Waals surface area (Å²) in [7, 11) is 3.27. The number of likely N-dealkylation sites (tertiary alicyclic amines) is 1. The van der Waals surface area contributed by atoms with Gasteiger partial charge in [-0.1, -0.05) is 5.16 Å². The number of halogens is 1. The van der Waals surface area contributed by atoms with E-state index in [2.05, 4.69) is 21.1 Å². The number of amides is 4. The van der Waals surface area contributed by atoms with E-state index in [1.54, 1.807) is 24.8 Å². The lowest BCUT2D eigenvalue weighted by atomic mass is 9.68. The SMILES string of the molecule is CNC(=O)NC(=O)C1(C=O)Cc2cc3c(C(=O)NC4CN(C)C4)noc3c(F)c2N2C[C@@H](C)O[C@@H](C)[C@@H]21. The molecule has 0 spiro atoms. The van der Waals surface area contributed by atoms with Gasteiger partial charge in [-0.3, -0.25) is 14.9 Å². The van der Waals surface area contributed by atoms with E-state index in [1.165, 1.54) is 7.05 Å². The number of imide groups is 1. The van der Waals surface area contributed by atoms with Crippen molar-refractivity contribution in [2.45, 2.75) is 44.6 Å². The fourth-order valence-corrected chi connectivity index (χ4v) is 5.87. The Bertz CT molecular complexity index is 1290. The van der Waals surface area contributed by atoms with Gasteiger partial charge in [-0.05, 0) is 38.9 Å². The van der Waals surface area contributed by atoms with Crippen LogP contribution in [0.3, 0.4) is 0 Å². The molecule has 2 aromatic rings. The van der Waals surface area contributed by atoms with Crippen molar-refractivity contribution in [1.29, 1.82) is 0 Å². The lowest BCUT2D eigenvalue weighted by Crippen LogP contribution is -2.68. The Morgan fingerprint density at radius 3 is 2.62 bits per heavy atom. The number of benzene rings is 1. The number of nitrogens with one attached hydrogen (secondary N) is 3. The van der Waals surface area contributed by atoms with Crippen molar-refractivity contribution in [2.24, 2.45) is 5.41 Å². The first-order valence-corrected chi connectivity index (χ1v) is 12.1. The number of hydrogen-bond acceptors (Lipinski definition) is 9. The Kier molecular flexibility index (Phi) is 6.15. The van der Waals surface area contributed by atoms with Crippen LogP contribution in [0.25, 0.3) is 11.0 Å². The topological polar surface area (TPSA) is 146 Å². The monoisotopic (exact) mass is 516 g/mol. The molecule has 2 saturated heterocycles. The fourth-order valence-electron chi connectivity index (χ4n) is 5.87. The van der Waals surface area contributed by atoms with E-state index in [0.29, 0.717) is 24.9 Å². The van der Waals surface area contributed by atoms with E-state index in [9.17, 15) is 19.2 Å². The highest BCUT2D eigenvalue weighted by molar-refractivity contribution is 6.08. The van der Waals surface area contributed by atoms with E-state index < -0.39 is 41.2 Å². The minimum Gasteiger partial charge on any atom is -0.372 e. The standard InChI is InChI=1S/C24H29FN6O6/c1-11-7-31-18-13(6-24(10-32,20(31)12(2)36-11)22(34)28-23(35)26-3)5-15-17(29-37-19(15)16(18)25)21(33)27-14-8-30(4)9-14/h5,10-12,14,20H,6-9H2,1-4H3,(H,27,33)(H2,26,28,34,35)/t11-,12+,20-,24?/m1/s1. The summed E-state index contributed by atoms with van der Waals surface area (Å²) in [5.74, 6) is -2.07. The first-order valence-electron chi connectivity index (χ1n) is 12.1. The van der Waals surface area contributed by atoms with Crippen molar-refractivity contribution >= 4 is 40.8 Å². The molecule has 3 aliphatic heterocycles. The third-order valence-corrected chi connectivity index (χ3v) is 7.44. The van der Waals surface area contributed by atoms with Crippen LogP contribution < -0.4 is 20.9 Å². The fraction of sp³-hybridized carbons (Fsp3) is 0.542.